The van der Waals surface area contributed by atoms with Gasteiger partial charge in [-0.05, 0) is 24.3 Å². The van der Waals surface area contributed by atoms with E-state index in [1.54, 1.807) is 29.6 Å². The van der Waals surface area contributed by atoms with Crippen LogP contribution in [0.4, 0.5) is 0 Å². The van der Waals surface area contributed by atoms with Gasteiger partial charge in [0.25, 0.3) is 0 Å². The van der Waals surface area contributed by atoms with Gasteiger partial charge in [-0.25, -0.2) is 9.78 Å². The quantitative estimate of drug-likeness (QED) is 0.837. The number of benzene rings is 1. The van der Waals surface area contributed by atoms with Gasteiger partial charge in [-0.1, -0.05) is 0 Å². The van der Waals surface area contributed by atoms with Crippen molar-refractivity contribution in [3.05, 3.63) is 45.9 Å². The van der Waals surface area contributed by atoms with Crippen molar-refractivity contribution >= 4 is 23.6 Å². The fourth-order valence-electron chi connectivity index (χ4n) is 1.27. The summed E-state index contributed by atoms with van der Waals surface area (Å²) in [6.45, 7) is 0.199. The van der Waals surface area contributed by atoms with E-state index in [1.165, 1.54) is 0 Å². The van der Waals surface area contributed by atoms with E-state index >= 15 is 0 Å². The average Bonchev–Trinajstić information content (AvgIpc) is 2.86. The van der Waals surface area contributed by atoms with Gasteiger partial charge in [-0.2, -0.15) is 0 Å². The Morgan fingerprint density at radius 1 is 1.39 bits per heavy atom. The second kappa shape index (κ2) is 5.42. The zero-order valence-electron chi connectivity index (χ0n) is 9.20. The highest BCUT2D eigenvalue weighted by Gasteiger charge is 2.09. The number of thiazole rings is 1. The van der Waals surface area contributed by atoms with Crippen LogP contribution in [0.5, 0.6) is 5.75 Å². The molecule has 1 heterocycles. The van der Waals surface area contributed by atoms with E-state index in [0.717, 1.165) is 17.6 Å². The summed E-state index contributed by atoms with van der Waals surface area (Å²) >= 11 is 1.06. The van der Waals surface area contributed by atoms with Crippen LogP contribution in [0.2, 0.25) is 0 Å². The lowest BCUT2D eigenvalue weighted by Crippen LogP contribution is -1.99. The molecule has 5 nitrogen and oxygen atoms in total. The molecule has 6 heteroatoms. The molecular weight excluding hydrogens is 254 g/mol. The molecule has 0 radical (unpaired) electrons. The number of hydrogen-bond acceptors (Lipinski definition) is 5. The minimum absolute atomic E-state index is 0.0462. The normalized spacial score (nSPS) is 10.0. The Hall–Kier alpha value is -2.21. The van der Waals surface area contributed by atoms with Crippen LogP contribution in [-0.4, -0.2) is 22.3 Å². The summed E-state index contributed by atoms with van der Waals surface area (Å²) in [6.07, 6.45) is 0.753. The van der Waals surface area contributed by atoms with Crippen LogP contribution >= 0.6 is 11.3 Å². The molecule has 0 aliphatic heterocycles. The SMILES string of the molecule is O=Cc1ccc(OCc2csc(C(=O)O)n2)cc1. The van der Waals surface area contributed by atoms with Crippen LogP contribution in [0.15, 0.2) is 29.6 Å². The molecule has 18 heavy (non-hydrogen) atoms. The Balaban J connectivity index is 1.97. The van der Waals surface area contributed by atoms with E-state index in [4.69, 9.17) is 9.84 Å². The maximum absolute atomic E-state index is 10.6. The molecule has 0 aliphatic carbocycles. The Bertz CT molecular complexity index is 562. The smallest absolute Gasteiger partial charge is 0.365 e. The Morgan fingerprint density at radius 3 is 2.67 bits per heavy atom. The molecule has 0 saturated heterocycles. The van der Waals surface area contributed by atoms with Crippen molar-refractivity contribution in [1.29, 1.82) is 0 Å². The van der Waals surface area contributed by atoms with Gasteiger partial charge < -0.3 is 9.84 Å². The number of aromatic nitrogens is 1. The average molecular weight is 263 g/mol. The van der Waals surface area contributed by atoms with E-state index in [1.807, 2.05) is 0 Å². The van der Waals surface area contributed by atoms with Gasteiger partial charge in [-0.3, -0.25) is 4.79 Å². The van der Waals surface area contributed by atoms with Crippen LogP contribution < -0.4 is 4.74 Å². The summed E-state index contributed by atoms with van der Waals surface area (Å²) in [6, 6.07) is 6.64. The molecule has 0 amide bonds. The minimum Gasteiger partial charge on any atom is -0.487 e. The highest BCUT2D eigenvalue weighted by Crippen LogP contribution is 2.15. The largest absolute Gasteiger partial charge is 0.487 e. The zero-order valence-corrected chi connectivity index (χ0v) is 10.0. The van der Waals surface area contributed by atoms with Gasteiger partial charge >= 0.3 is 5.97 Å². The number of carbonyl (C=O) groups excluding carboxylic acids is 1. The summed E-state index contributed by atoms with van der Waals surface area (Å²) < 4.78 is 5.42. The maximum Gasteiger partial charge on any atom is 0.365 e. The van der Waals surface area contributed by atoms with Gasteiger partial charge in [0, 0.05) is 10.9 Å². The molecule has 0 bridgehead atoms. The van der Waals surface area contributed by atoms with Crippen LogP contribution in [-0.2, 0) is 6.61 Å². The monoisotopic (exact) mass is 263 g/mol. The number of nitrogens with zero attached hydrogens (tertiary/aromatic N) is 1. The summed E-state index contributed by atoms with van der Waals surface area (Å²) in [5, 5.41) is 10.4. The zero-order chi connectivity index (χ0) is 13.0. The Kier molecular flexibility index (Phi) is 3.69. The minimum atomic E-state index is -1.04. The van der Waals surface area contributed by atoms with E-state index in [-0.39, 0.29) is 11.6 Å². The van der Waals surface area contributed by atoms with E-state index in [9.17, 15) is 9.59 Å². The predicted molar refractivity (Wildman–Crippen MR) is 65.2 cm³/mol. The lowest BCUT2D eigenvalue weighted by atomic mass is 10.2. The third-order valence-corrected chi connectivity index (χ3v) is 3.02. The number of aromatic carboxylic acids is 1. The number of carbonyl (C=O) groups is 2. The van der Waals surface area contributed by atoms with Gasteiger partial charge in [-0.15, -0.1) is 11.3 Å². The summed E-state index contributed by atoms with van der Waals surface area (Å²) in [5.41, 5.74) is 1.14. The van der Waals surface area contributed by atoms with Crippen molar-refractivity contribution < 1.29 is 19.4 Å². The summed E-state index contributed by atoms with van der Waals surface area (Å²) in [7, 11) is 0. The molecule has 2 rings (SSSR count). The second-order valence-corrected chi connectivity index (χ2v) is 4.28. The maximum atomic E-state index is 10.6. The van der Waals surface area contributed by atoms with Crippen molar-refractivity contribution in [3.63, 3.8) is 0 Å². The first kappa shape index (κ1) is 12.3. The first-order chi connectivity index (χ1) is 8.69. The third-order valence-electron chi connectivity index (χ3n) is 2.14. The molecule has 1 aromatic heterocycles. The van der Waals surface area contributed by atoms with E-state index < -0.39 is 5.97 Å². The summed E-state index contributed by atoms with van der Waals surface area (Å²) in [4.78, 5) is 25.0. The van der Waals surface area contributed by atoms with Crippen LogP contribution in [0, 0.1) is 0 Å². The third kappa shape index (κ3) is 2.92. The number of carboxylic acids is 1. The molecule has 0 aliphatic rings. The van der Waals surface area contributed by atoms with Crippen molar-refractivity contribution in [2.45, 2.75) is 6.61 Å². The molecule has 1 aromatic carbocycles. The fourth-order valence-corrected chi connectivity index (χ4v) is 1.91. The Labute approximate surface area is 107 Å². The number of hydrogen-bond donors (Lipinski definition) is 1. The number of aldehydes is 1. The molecular formula is C12H9NO4S. The molecule has 0 fully saturated rings. The lowest BCUT2D eigenvalue weighted by Gasteiger charge is -2.03. The highest BCUT2D eigenvalue weighted by atomic mass is 32.1. The van der Waals surface area contributed by atoms with E-state index in [0.29, 0.717) is 17.0 Å². The molecule has 92 valence electrons. The predicted octanol–water partition coefficient (Wildman–Crippen LogP) is 2.23. The fraction of sp³-hybridized carbons (Fsp3) is 0.0833. The molecule has 2 aromatic rings. The Morgan fingerprint density at radius 2 is 2.11 bits per heavy atom. The van der Waals surface area contributed by atoms with Gasteiger partial charge in [0.05, 0.1) is 5.69 Å². The molecule has 0 atom stereocenters. The number of rotatable bonds is 5. The highest BCUT2D eigenvalue weighted by molar-refractivity contribution is 7.11. The van der Waals surface area contributed by atoms with Crippen molar-refractivity contribution in [1.82, 2.24) is 4.98 Å². The lowest BCUT2D eigenvalue weighted by molar-refractivity contribution is 0.0696. The van der Waals surface area contributed by atoms with Crippen LogP contribution in [0.1, 0.15) is 25.9 Å². The van der Waals surface area contributed by atoms with Gasteiger partial charge in [0.2, 0.25) is 5.01 Å². The van der Waals surface area contributed by atoms with E-state index in [2.05, 4.69) is 4.98 Å². The van der Waals surface area contributed by atoms with Crippen molar-refractivity contribution in [3.8, 4) is 5.75 Å². The molecule has 0 spiro atoms. The van der Waals surface area contributed by atoms with Crippen LogP contribution in [0.25, 0.3) is 0 Å². The number of carboxylic acid groups (broad SMARTS) is 1. The first-order valence-electron chi connectivity index (χ1n) is 5.05. The van der Waals surface area contributed by atoms with Gasteiger partial charge in [0.15, 0.2) is 0 Å². The molecule has 0 saturated carbocycles. The standard InChI is InChI=1S/C12H9NO4S/c14-5-8-1-3-10(4-2-8)17-6-9-7-18-11(13-9)12(15)16/h1-5,7H,6H2,(H,15,16). The van der Waals surface area contributed by atoms with Crippen LogP contribution in [0.3, 0.4) is 0 Å². The van der Waals surface area contributed by atoms with Crippen molar-refractivity contribution in [2.24, 2.45) is 0 Å². The number of ether oxygens (including phenoxy) is 1. The second-order valence-electron chi connectivity index (χ2n) is 3.42. The molecule has 1 N–H and O–H groups in total. The first-order valence-corrected chi connectivity index (χ1v) is 5.93. The molecule has 0 unspecified atom stereocenters. The topological polar surface area (TPSA) is 76.5 Å². The van der Waals surface area contributed by atoms with Gasteiger partial charge in [0.1, 0.15) is 18.6 Å². The summed E-state index contributed by atoms with van der Waals surface area (Å²) in [5.74, 6) is -0.438. The van der Waals surface area contributed by atoms with Crippen molar-refractivity contribution in [2.75, 3.05) is 0 Å².